The number of carbonyl (C=O) groups excluding carboxylic acids is 1. The summed E-state index contributed by atoms with van der Waals surface area (Å²) in [6, 6.07) is 4.47. The molecule has 1 aliphatic heterocycles. The number of nitrogens with zero attached hydrogens (tertiary/aromatic N) is 2. The fourth-order valence-corrected chi connectivity index (χ4v) is 2.74. The average Bonchev–Trinajstić information content (AvgIpc) is 2.46. The first-order valence-electron chi connectivity index (χ1n) is 8.04. The van der Waals surface area contributed by atoms with E-state index in [0.29, 0.717) is 12.6 Å². The summed E-state index contributed by atoms with van der Waals surface area (Å²) >= 11 is 0. The van der Waals surface area contributed by atoms with Gasteiger partial charge in [-0.1, -0.05) is 6.42 Å². The first kappa shape index (κ1) is 16.7. The Morgan fingerprint density at radius 1 is 1.36 bits per heavy atom. The SMILES string of the molecule is CC(C)(C)OC(=O)NC[C@@H]1CCCCN1Cc1ccncc1. The van der Waals surface area contributed by atoms with Crippen LogP contribution in [0.4, 0.5) is 4.79 Å². The number of alkyl carbamates (subject to hydrolysis) is 1. The first-order chi connectivity index (χ1) is 10.4. The van der Waals surface area contributed by atoms with Gasteiger partial charge in [0.05, 0.1) is 0 Å². The van der Waals surface area contributed by atoms with Gasteiger partial charge in [-0.15, -0.1) is 0 Å². The molecule has 5 heteroatoms. The molecule has 0 saturated carbocycles. The molecular weight excluding hydrogens is 278 g/mol. The molecule has 1 fully saturated rings. The molecule has 2 heterocycles. The van der Waals surface area contributed by atoms with Crippen LogP contribution in [0.5, 0.6) is 0 Å². The Morgan fingerprint density at radius 3 is 2.77 bits per heavy atom. The Morgan fingerprint density at radius 2 is 2.09 bits per heavy atom. The van der Waals surface area contributed by atoms with Crippen molar-refractivity contribution >= 4 is 6.09 Å². The lowest BCUT2D eigenvalue weighted by Gasteiger charge is -2.36. The van der Waals surface area contributed by atoms with Crippen molar-refractivity contribution in [2.75, 3.05) is 13.1 Å². The summed E-state index contributed by atoms with van der Waals surface area (Å²) in [5.74, 6) is 0. The fraction of sp³-hybridized carbons (Fsp3) is 0.647. The molecule has 0 radical (unpaired) electrons. The molecule has 1 aromatic rings. The number of hydrogen-bond acceptors (Lipinski definition) is 4. The summed E-state index contributed by atoms with van der Waals surface area (Å²) in [6.45, 7) is 8.25. The van der Waals surface area contributed by atoms with Gasteiger partial charge in [0.25, 0.3) is 0 Å². The second-order valence-corrected chi connectivity index (χ2v) is 6.86. The van der Waals surface area contributed by atoms with Gasteiger partial charge in [-0.2, -0.15) is 0 Å². The molecule has 1 N–H and O–H groups in total. The van der Waals surface area contributed by atoms with Gasteiger partial charge in [0.2, 0.25) is 0 Å². The van der Waals surface area contributed by atoms with E-state index >= 15 is 0 Å². The topological polar surface area (TPSA) is 54.5 Å². The molecule has 0 spiro atoms. The number of nitrogens with one attached hydrogen (secondary N) is 1. The van der Waals surface area contributed by atoms with Gasteiger partial charge in [-0.05, 0) is 57.9 Å². The van der Waals surface area contributed by atoms with Crippen LogP contribution in [-0.4, -0.2) is 40.7 Å². The predicted octanol–water partition coefficient (Wildman–Crippen LogP) is 2.96. The highest BCUT2D eigenvalue weighted by atomic mass is 16.6. The summed E-state index contributed by atoms with van der Waals surface area (Å²) in [4.78, 5) is 18.3. The summed E-state index contributed by atoms with van der Waals surface area (Å²) in [7, 11) is 0. The van der Waals surface area contributed by atoms with Crippen molar-refractivity contribution < 1.29 is 9.53 Å². The molecule has 5 nitrogen and oxygen atoms in total. The van der Waals surface area contributed by atoms with E-state index in [1.807, 2.05) is 45.3 Å². The number of carbonyl (C=O) groups is 1. The van der Waals surface area contributed by atoms with Gasteiger partial charge in [0, 0.05) is 31.5 Å². The smallest absolute Gasteiger partial charge is 0.407 e. The number of ether oxygens (including phenoxy) is 1. The van der Waals surface area contributed by atoms with Crippen LogP contribution in [0.25, 0.3) is 0 Å². The van der Waals surface area contributed by atoms with Gasteiger partial charge in [0.1, 0.15) is 5.60 Å². The Kier molecular flexibility index (Phi) is 5.77. The highest BCUT2D eigenvalue weighted by Crippen LogP contribution is 2.19. The molecule has 0 aromatic carbocycles. The number of pyridine rings is 1. The molecule has 122 valence electrons. The molecule has 0 unspecified atom stereocenters. The molecule has 1 atom stereocenters. The number of piperidine rings is 1. The molecule has 1 amide bonds. The lowest BCUT2D eigenvalue weighted by atomic mass is 10.0. The average molecular weight is 305 g/mol. The zero-order valence-corrected chi connectivity index (χ0v) is 13.8. The lowest BCUT2D eigenvalue weighted by Crippen LogP contribution is -2.47. The zero-order chi connectivity index (χ0) is 16.0. The summed E-state index contributed by atoms with van der Waals surface area (Å²) in [5, 5.41) is 2.91. The molecule has 22 heavy (non-hydrogen) atoms. The fourth-order valence-electron chi connectivity index (χ4n) is 2.74. The monoisotopic (exact) mass is 305 g/mol. The van der Waals surface area contributed by atoms with Gasteiger partial charge in [-0.3, -0.25) is 9.88 Å². The third-order valence-corrected chi connectivity index (χ3v) is 3.77. The Bertz CT molecular complexity index is 471. The number of aromatic nitrogens is 1. The number of hydrogen-bond donors (Lipinski definition) is 1. The number of amides is 1. The molecular formula is C17H27N3O2. The van der Waals surface area contributed by atoms with Crippen LogP contribution < -0.4 is 5.32 Å². The third-order valence-electron chi connectivity index (χ3n) is 3.77. The van der Waals surface area contributed by atoms with E-state index in [-0.39, 0.29) is 6.09 Å². The molecule has 1 saturated heterocycles. The molecule has 1 aliphatic rings. The maximum absolute atomic E-state index is 11.8. The van der Waals surface area contributed by atoms with Gasteiger partial charge in [-0.25, -0.2) is 4.79 Å². The summed E-state index contributed by atoms with van der Waals surface area (Å²) < 4.78 is 5.31. The van der Waals surface area contributed by atoms with E-state index in [1.165, 1.54) is 18.4 Å². The van der Waals surface area contributed by atoms with Gasteiger partial charge in [0.15, 0.2) is 0 Å². The quantitative estimate of drug-likeness (QED) is 0.929. The largest absolute Gasteiger partial charge is 0.444 e. The lowest BCUT2D eigenvalue weighted by molar-refractivity contribution is 0.0492. The van der Waals surface area contributed by atoms with Crippen molar-refractivity contribution in [3.05, 3.63) is 30.1 Å². The van der Waals surface area contributed by atoms with Crippen LogP contribution in [0.2, 0.25) is 0 Å². The van der Waals surface area contributed by atoms with E-state index in [1.54, 1.807) is 0 Å². The highest BCUT2D eigenvalue weighted by Gasteiger charge is 2.24. The van der Waals surface area contributed by atoms with Crippen LogP contribution in [-0.2, 0) is 11.3 Å². The maximum atomic E-state index is 11.8. The van der Waals surface area contributed by atoms with Crippen molar-refractivity contribution in [2.45, 2.75) is 58.2 Å². The number of likely N-dealkylation sites (tertiary alicyclic amines) is 1. The summed E-state index contributed by atoms with van der Waals surface area (Å²) in [6.07, 6.45) is 6.87. The second kappa shape index (κ2) is 7.58. The third kappa shape index (κ3) is 5.64. The molecule has 0 aliphatic carbocycles. The van der Waals surface area contributed by atoms with Crippen molar-refractivity contribution in [1.29, 1.82) is 0 Å². The van der Waals surface area contributed by atoms with E-state index in [2.05, 4.69) is 15.2 Å². The van der Waals surface area contributed by atoms with Gasteiger partial charge >= 0.3 is 6.09 Å². The minimum atomic E-state index is -0.451. The Labute approximate surface area is 133 Å². The minimum Gasteiger partial charge on any atom is -0.444 e. The summed E-state index contributed by atoms with van der Waals surface area (Å²) in [5.41, 5.74) is 0.812. The van der Waals surface area contributed by atoms with Crippen molar-refractivity contribution in [2.24, 2.45) is 0 Å². The first-order valence-corrected chi connectivity index (χ1v) is 8.04. The van der Waals surface area contributed by atoms with E-state index < -0.39 is 5.60 Å². The van der Waals surface area contributed by atoms with Crippen molar-refractivity contribution in [1.82, 2.24) is 15.2 Å². The van der Waals surface area contributed by atoms with Crippen molar-refractivity contribution in [3.8, 4) is 0 Å². The Hall–Kier alpha value is -1.62. The van der Waals surface area contributed by atoms with E-state index in [9.17, 15) is 4.79 Å². The van der Waals surface area contributed by atoms with Crippen LogP contribution >= 0.6 is 0 Å². The number of rotatable bonds is 4. The van der Waals surface area contributed by atoms with Crippen LogP contribution in [0.3, 0.4) is 0 Å². The van der Waals surface area contributed by atoms with Crippen LogP contribution in [0.1, 0.15) is 45.6 Å². The maximum Gasteiger partial charge on any atom is 0.407 e. The van der Waals surface area contributed by atoms with Crippen LogP contribution in [0, 0.1) is 0 Å². The molecule has 2 rings (SSSR count). The predicted molar refractivity (Wildman–Crippen MR) is 86.5 cm³/mol. The normalized spacial score (nSPS) is 19.7. The minimum absolute atomic E-state index is 0.332. The molecule has 0 bridgehead atoms. The van der Waals surface area contributed by atoms with Gasteiger partial charge < -0.3 is 10.1 Å². The second-order valence-electron chi connectivity index (χ2n) is 6.86. The standard InChI is InChI=1S/C17H27N3O2/c1-17(2,3)22-16(21)19-12-15-6-4-5-11-20(15)13-14-7-9-18-10-8-14/h7-10,15H,4-6,11-13H2,1-3H3,(H,19,21)/t15-/m0/s1. The highest BCUT2D eigenvalue weighted by molar-refractivity contribution is 5.67. The van der Waals surface area contributed by atoms with Crippen molar-refractivity contribution in [3.63, 3.8) is 0 Å². The Balaban J connectivity index is 1.86. The van der Waals surface area contributed by atoms with E-state index in [4.69, 9.17) is 4.74 Å². The zero-order valence-electron chi connectivity index (χ0n) is 13.8. The van der Waals surface area contributed by atoms with E-state index in [0.717, 1.165) is 19.5 Å². The van der Waals surface area contributed by atoms with Crippen LogP contribution in [0.15, 0.2) is 24.5 Å². The molecule has 1 aromatic heterocycles.